The van der Waals surface area contributed by atoms with Crippen LogP contribution in [0.25, 0.3) is 0 Å². The number of aryl methyl sites for hydroxylation is 1. The van der Waals surface area contributed by atoms with Crippen molar-refractivity contribution in [3.05, 3.63) is 11.5 Å². The van der Waals surface area contributed by atoms with Gasteiger partial charge in [0.2, 0.25) is 5.03 Å². The summed E-state index contributed by atoms with van der Waals surface area (Å²) >= 11 is 5.99. The van der Waals surface area contributed by atoms with E-state index in [-0.39, 0.29) is 27.3 Å². The molecule has 2 N–H and O–H groups in total. The van der Waals surface area contributed by atoms with Crippen molar-refractivity contribution in [1.29, 1.82) is 0 Å². The van der Waals surface area contributed by atoms with Crippen molar-refractivity contribution in [2.24, 2.45) is 7.05 Å². The second-order valence-corrected chi connectivity index (χ2v) is 9.06. The minimum atomic E-state index is -3.71. The Bertz CT molecular complexity index is 621. The number of rotatable bonds is 3. The molecular formula is C13H23ClN4O2S. The van der Waals surface area contributed by atoms with Gasteiger partial charge in [0.15, 0.2) is 0 Å². The smallest absolute Gasteiger partial charge is 0.261 e. The van der Waals surface area contributed by atoms with Crippen molar-refractivity contribution < 1.29 is 8.42 Å². The maximum Gasteiger partial charge on any atom is 0.261 e. The molecule has 0 unspecified atom stereocenters. The lowest BCUT2D eigenvalue weighted by Crippen LogP contribution is -2.62. The van der Waals surface area contributed by atoms with Crippen LogP contribution >= 0.6 is 11.6 Å². The summed E-state index contributed by atoms with van der Waals surface area (Å²) in [6, 6.07) is -0.153. The summed E-state index contributed by atoms with van der Waals surface area (Å²) < 4.78 is 29.2. The fourth-order valence-electron chi connectivity index (χ4n) is 3.25. The Morgan fingerprint density at radius 1 is 1.33 bits per heavy atom. The van der Waals surface area contributed by atoms with Crippen LogP contribution < -0.4 is 10.0 Å². The van der Waals surface area contributed by atoms with E-state index in [9.17, 15) is 8.42 Å². The van der Waals surface area contributed by atoms with E-state index in [1.54, 1.807) is 7.05 Å². The highest BCUT2D eigenvalue weighted by Gasteiger charge is 2.39. The first-order valence-electron chi connectivity index (χ1n) is 6.90. The molecule has 0 aromatic carbocycles. The quantitative estimate of drug-likeness (QED) is 0.881. The number of hydrogen-bond donors (Lipinski definition) is 2. The van der Waals surface area contributed by atoms with Gasteiger partial charge in [-0.3, -0.25) is 0 Å². The Balaban J connectivity index is 2.23. The molecular weight excluding hydrogens is 312 g/mol. The minimum Gasteiger partial charge on any atom is -0.324 e. The van der Waals surface area contributed by atoms with Crippen molar-refractivity contribution >= 4 is 21.6 Å². The molecule has 0 saturated carbocycles. The molecule has 6 nitrogen and oxygen atoms in total. The first kappa shape index (κ1) is 16.7. The molecule has 120 valence electrons. The van der Waals surface area contributed by atoms with Gasteiger partial charge in [0.05, 0.1) is 6.33 Å². The zero-order valence-corrected chi connectivity index (χ0v) is 14.6. The summed E-state index contributed by atoms with van der Waals surface area (Å²) in [6.07, 6.45) is 2.81. The van der Waals surface area contributed by atoms with Crippen LogP contribution in [0.5, 0.6) is 0 Å². The van der Waals surface area contributed by atoms with Gasteiger partial charge in [-0.2, -0.15) is 0 Å². The molecule has 1 aliphatic rings. The Morgan fingerprint density at radius 2 is 1.86 bits per heavy atom. The predicted molar refractivity (Wildman–Crippen MR) is 82.9 cm³/mol. The zero-order valence-electron chi connectivity index (χ0n) is 13.1. The molecule has 1 aliphatic heterocycles. The fraction of sp³-hybridized carbons (Fsp3) is 0.769. The second kappa shape index (κ2) is 5.22. The standard InChI is InChI=1S/C13H23ClN4O2S/c1-12(2)6-9(7-13(3,4)17-12)16-21(19,20)11-10(14)18(5)8-15-11/h8-9,16-17H,6-7H2,1-5H3. The SMILES string of the molecule is Cn1cnc(S(=O)(=O)NC2CC(C)(C)NC(C)(C)C2)c1Cl. The summed E-state index contributed by atoms with van der Waals surface area (Å²) in [4.78, 5) is 3.89. The van der Waals surface area contributed by atoms with Crippen LogP contribution in [-0.2, 0) is 17.1 Å². The maximum absolute atomic E-state index is 12.5. The van der Waals surface area contributed by atoms with Crippen molar-refractivity contribution in [1.82, 2.24) is 19.6 Å². The molecule has 2 heterocycles. The van der Waals surface area contributed by atoms with E-state index in [2.05, 4.69) is 42.7 Å². The van der Waals surface area contributed by atoms with Gasteiger partial charge >= 0.3 is 0 Å². The lowest BCUT2D eigenvalue weighted by molar-refractivity contribution is 0.157. The summed E-state index contributed by atoms with van der Waals surface area (Å²) in [5.41, 5.74) is -0.272. The van der Waals surface area contributed by atoms with Gasteiger partial charge in [-0.1, -0.05) is 11.6 Å². The molecule has 0 spiro atoms. The third-order valence-corrected chi connectivity index (χ3v) is 5.61. The molecule has 8 heteroatoms. The zero-order chi connectivity index (χ0) is 16.1. The monoisotopic (exact) mass is 334 g/mol. The van der Waals surface area contributed by atoms with Gasteiger partial charge in [-0.25, -0.2) is 18.1 Å². The molecule has 1 aromatic rings. The molecule has 0 bridgehead atoms. The van der Waals surface area contributed by atoms with Crippen LogP contribution in [0.15, 0.2) is 11.4 Å². The first-order valence-corrected chi connectivity index (χ1v) is 8.76. The molecule has 0 atom stereocenters. The Labute approximate surface area is 131 Å². The first-order chi connectivity index (χ1) is 9.42. The number of piperidine rings is 1. The largest absolute Gasteiger partial charge is 0.324 e. The number of halogens is 1. The predicted octanol–water partition coefficient (Wildman–Crippen LogP) is 1.66. The summed E-state index contributed by atoms with van der Waals surface area (Å²) in [5.74, 6) is 0. The molecule has 1 fully saturated rings. The van der Waals surface area contributed by atoms with E-state index in [0.29, 0.717) is 12.8 Å². The maximum atomic E-state index is 12.5. The topological polar surface area (TPSA) is 76.0 Å². The van der Waals surface area contributed by atoms with Gasteiger partial charge in [0.25, 0.3) is 10.0 Å². The fourth-order valence-corrected chi connectivity index (χ4v) is 4.92. The van der Waals surface area contributed by atoms with Crippen LogP contribution in [0.1, 0.15) is 40.5 Å². The van der Waals surface area contributed by atoms with Gasteiger partial charge in [-0.15, -0.1) is 0 Å². The highest BCUT2D eigenvalue weighted by Crippen LogP contribution is 2.30. The van der Waals surface area contributed by atoms with Gasteiger partial charge in [0.1, 0.15) is 5.15 Å². The number of imidazole rings is 1. The van der Waals surface area contributed by atoms with Crippen LogP contribution in [0.2, 0.25) is 5.15 Å². The third-order valence-electron chi connectivity index (χ3n) is 3.60. The second-order valence-electron chi connectivity index (χ2n) is 7.07. The van der Waals surface area contributed by atoms with Crippen LogP contribution in [-0.4, -0.2) is 35.1 Å². The summed E-state index contributed by atoms with van der Waals surface area (Å²) in [7, 11) is -2.05. The van der Waals surface area contributed by atoms with E-state index < -0.39 is 10.0 Å². The summed E-state index contributed by atoms with van der Waals surface area (Å²) in [5, 5.41) is 3.53. The molecule has 21 heavy (non-hydrogen) atoms. The number of nitrogens with one attached hydrogen (secondary N) is 2. The van der Waals surface area contributed by atoms with E-state index in [4.69, 9.17) is 11.6 Å². The lowest BCUT2D eigenvalue weighted by Gasteiger charge is -2.46. The van der Waals surface area contributed by atoms with Gasteiger partial charge < -0.3 is 9.88 Å². The van der Waals surface area contributed by atoms with Crippen LogP contribution in [0.3, 0.4) is 0 Å². The van der Waals surface area contributed by atoms with Gasteiger partial charge in [0, 0.05) is 24.2 Å². The van der Waals surface area contributed by atoms with Crippen LogP contribution in [0, 0.1) is 0 Å². The Hall–Kier alpha value is -0.630. The lowest BCUT2D eigenvalue weighted by atomic mass is 9.80. The molecule has 1 aromatic heterocycles. The van der Waals surface area contributed by atoms with Crippen molar-refractivity contribution in [3.8, 4) is 0 Å². The Kier molecular flexibility index (Phi) is 4.16. The summed E-state index contributed by atoms with van der Waals surface area (Å²) in [6.45, 7) is 8.29. The highest BCUT2D eigenvalue weighted by molar-refractivity contribution is 7.89. The molecule has 2 rings (SSSR count). The van der Waals surface area contributed by atoms with Crippen molar-refractivity contribution in [2.75, 3.05) is 0 Å². The van der Waals surface area contributed by atoms with E-state index >= 15 is 0 Å². The average molecular weight is 335 g/mol. The minimum absolute atomic E-state index is 0.110. The molecule has 1 saturated heterocycles. The normalized spacial score (nSPS) is 22.4. The van der Waals surface area contributed by atoms with E-state index in [1.807, 2.05) is 0 Å². The van der Waals surface area contributed by atoms with E-state index in [0.717, 1.165) is 0 Å². The third kappa shape index (κ3) is 3.77. The number of sulfonamides is 1. The molecule has 0 amide bonds. The Morgan fingerprint density at radius 3 is 2.29 bits per heavy atom. The number of aromatic nitrogens is 2. The number of hydrogen-bond acceptors (Lipinski definition) is 4. The molecule has 0 aliphatic carbocycles. The van der Waals surface area contributed by atoms with Crippen LogP contribution in [0.4, 0.5) is 0 Å². The number of nitrogens with zero attached hydrogens (tertiary/aromatic N) is 2. The van der Waals surface area contributed by atoms with E-state index in [1.165, 1.54) is 10.9 Å². The molecule has 0 radical (unpaired) electrons. The van der Waals surface area contributed by atoms with Gasteiger partial charge in [-0.05, 0) is 40.5 Å². The van der Waals surface area contributed by atoms with Crippen molar-refractivity contribution in [3.63, 3.8) is 0 Å². The highest BCUT2D eigenvalue weighted by atomic mass is 35.5. The van der Waals surface area contributed by atoms with Crippen molar-refractivity contribution in [2.45, 2.75) is 62.7 Å². The average Bonchev–Trinajstić information content (AvgIpc) is 2.54.